The second-order valence-corrected chi connectivity index (χ2v) is 7.18. The number of halogens is 2. The van der Waals surface area contributed by atoms with Crippen molar-refractivity contribution in [2.24, 2.45) is 11.7 Å². The lowest BCUT2D eigenvalue weighted by Crippen LogP contribution is -2.46. The zero-order chi connectivity index (χ0) is 16.0. The molecule has 0 bridgehead atoms. The van der Waals surface area contributed by atoms with Gasteiger partial charge in [-0.3, -0.25) is 4.79 Å². The van der Waals surface area contributed by atoms with Gasteiger partial charge in [0.25, 0.3) is 0 Å². The zero-order valence-corrected chi connectivity index (χ0v) is 14.5. The van der Waals surface area contributed by atoms with Crippen LogP contribution in [-0.4, -0.2) is 36.0 Å². The van der Waals surface area contributed by atoms with Gasteiger partial charge in [0.15, 0.2) is 11.6 Å². The number of fused-ring (bicyclic) bond motifs is 1. The van der Waals surface area contributed by atoms with Crippen LogP contribution in [0.1, 0.15) is 43.6 Å². The Labute approximate surface area is 147 Å². The summed E-state index contributed by atoms with van der Waals surface area (Å²) in [5, 5.41) is 0. The number of carbonyl (C=O) groups excluding carboxylic acids is 1. The van der Waals surface area contributed by atoms with Crippen molar-refractivity contribution in [3.63, 3.8) is 0 Å². The fourth-order valence-corrected chi connectivity index (χ4v) is 4.09. The quantitative estimate of drug-likeness (QED) is 0.888. The molecule has 3 aliphatic rings. The van der Waals surface area contributed by atoms with Crippen molar-refractivity contribution in [1.82, 2.24) is 4.90 Å². The van der Waals surface area contributed by atoms with Gasteiger partial charge < -0.3 is 15.4 Å². The van der Waals surface area contributed by atoms with E-state index in [0.29, 0.717) is 24.5 Å². The summed E-state index contributed by atoms with van der Waals surface area (Å²) in [6, 6.07) is 4.85. The Kier molecular flexibility index (Phi) is 4.76. The van der Waals surface area contributed by atoms with Crippen LogP contribution < -0.4 is 10.5 Å². The van der Waals surface area contributed by atoms with Gasteiger partial charge in [0.05, 0.1) is 12.5 Å². The Bertz CT molecular complexity index is 627. The van der Waals surface area contributed by atoms with Crippen LogP contribution in [0.4, 0.5) is 4.39 Å². The first-order chi connectivity index (χ1) is 11.1. The average molecular weight is 355 g/mol. The zero-order valence-electron chi connectivity index (χ0n) is 13.7. The van der Waals surface area contributed by atoms with E-state index in [1.54, 1.807) is 6.07 Å². The van der Waals surface area contributed by atoms with Gasteiger partial charge >= 0.3 is 0 Å². The number of carbonyl (C=O) groups is 1. The molecule has 0 spiro atoms. The summed E-state index contributed by atoms with van der Waals surface area (Å²) in [5.41, 5.74) is 7.04. The summed E-state index contributed by atoms with van der Waals surface area (Å²) in [7, 11) is 0. The van der Waals surface area contributed by atoms with Gasteiger partial charge in [0.2, 0.25) is 5.91 Å². The Balaban J connectivity index is 0.00000169. The van der Waals surface area contributed by atoms with Crippen LogP contribution in [0.15, 0.2) is 18.2 Å². The number of nitrogens with two attached hydrogens (primary N) is 1. The number of amides is 1. The van der Waals surface area contributed by atoms with Crippen LogP contribution in [0.3, 0.4) is 0 Å². The van der Waals surface area contributed by atoms with E-state index in [9.17, 15) is 9.18 Å². The Morgan fingerprint density at radius 2 is 1.96 bits per heavy atom. The van der Waals surface area contributed by atoms with Gasteiger partial charge in [-0.2, -0.15) is 0 Å². The van der Waals surface area contributed by atoms with Gasteiger partial charge in [0.1, 0.15) is 0 Å². The number of hydrogen-bond acceptors (Lipinski definition) is 3. The SMILES string of the molecule is Cl.NC1(C2CCN(C(=O)C3CCOc4c(F)cccc43)CC2)CC1. The average Bonchev–Trinajstić information content (AvgIpc) is 3.33. The van der Waals surface area contributed by atoms with Crippen LogP contribution in [-0.2, 0) is 4.79 Å². The second kappa shape index (κ2) is 6.52. The summed E-state index contributed by atoms with van der Waals surface area (Å²) in [6.45, 7) is 1.93. The maximum atomic E-state index is 13.9. The number of benzene rings is 1. The minimum absolute atomic E-state index is 0. The smallest absolute Gasteiger partial charge is 0.230 e. The van der Waals surface area contributed by atoms with Crippen LogP contribution in [0.5, 0.6) is 5.75 Å². The summed E-state index contributed by atoms with van der Waals surface area (Å²) in [6.07, 6.45) is 4.84. The van der Waals surface area contributed by atoms with Crippen molar-refractivity contribution in [3.8, 4) is 5.75 Å². The van der Waals surface area contributed by atoms with Gasteiger partial charge in [-0.05, 0) is 44.1 Å². The van der Waals surface area contributed by atoms with E-state index in [1.165, 1.54) is 6.07 Å². The topological polar surface area (TPSA) is 55.6 Å². The molecule has 1 amide bonds. The highest BCUT2D eigenvalue weighted by Gasteiger charge is 2.47. The Morgan fingerprint density at radius 1 is 1.25 bits per heavy atom. The second-order valence-electron chi connectivity index (χ2n) is 7.18. The van der Waals surface area contributed by atoms with Gasteiger partial charge in [-0.25, -0.2) is 4.39 Å². The highest BCUT2D eigenvalue weighted by Crippen LogP contribution is 2.44. The molecule has 2 aliphatic heterocycles. The van der Waals surface area contributed by atoms with Crippen LogP contribution in [0.2, 0.25) is 0 Å². The first-order valence-electron chi connectivity index (χ1n) is 8.57. The molecule has 1 aromatic rings. The normalized spacial score (nSPS) is 25.2. The molecule has 0 radical (unpaired) electrons. The molecule has 1 saturated carbocycles. The highest BCUT2D eigenvalue weighted by molar-refractivity contribution is 5.85. The first-order valence-corrected chi connectivity index (χ1v) is 8.57. The van der Waals surface area contributed by atoms with Crippen LogP contribution >= 0.6 is 12.4 Å². The number of rotatable bonds is 2. The summed E-state index contributed by atoms with van der Waals surface area (Å²) >= 11 is 0. The lowest BCUT2D eigenvalue weighted by atomic mass is 9.86. The van der Waals surface area contributed by atoms with E-state index >= 15 is 0 Å². The lowest BCUT2D eigenvalue weighted by molar-refractivity contribution is -0.135. The van der Waals surface area contributed by atoms with E-state index in [1.807, 2.05) is 11.0 Å². The molecule has 1 aliphatic carbocycles. The summed E-state index contributed by atoms with van der Waals surface area (Å²) in [5.74, 6) is 0.258. The fourth-order valence-electron chi connectivity index (χ4n) is 4.09. The molecule has 4 nitrogen and oxygen atoms in total. The number of hydrogen-bond donors (Lipinski definition) is 1. The predicted molar refractivity (Wildman–Crippen MR) is 92.0 cm³/mol. The molecule has 6 heteroatoms. The van der Waals surface area contributed by atoms with Crippen molar-refractivity contribution in [2.75, 3.05) is 19.7 Å². The first kappa shape index (κ1) is 17.5. The number of nitrogens with zero attached hydrogens (tertiary/aromatic N) is 1. The molecule has 0 aromatic heterocycles. The van der Waals surface area contributed by atoms with Crippen molar-refractivity contribution in [2.45, 2.75) is 43.6 Å². The molecular weight excluding hydrogens is 331 g/mol. The third-order valence-electron chi connectivity index (χ3n) is 5.77. The molecule has 1 saturated heterocycles. The molecule has 2 N–H and O–H groups in total. The molecule has 1 atom stereocenters. The Morgan fingerprint density at radius 3 is 2.62 bits per heavy atom. The molecular formula is C18H24ClFN2O2. The minimum Gasteiger partial charge on any atom is -0.490 e. The predicted octanol–water partition coefficient (Wildman–Crippen LogP) is 2.84. The standard InChI is InChI=1S/C18H23FN2O2.ClH/c19-15-3-1-2-13-14(6-11-23-16(13)15)17(22)21-9-4-12(5-10-21)18(20)7-8-18;/h1-3,12,14H,4-11,20H2;1H. The fraction of sp³-hybridized carbons (Fsp3) is 0.611. The molecule has 24 heavy (non-hydrogen) atoms. The Hall–Kier alpha value is -1.33. The number of ether oxygens (including phenoxy) is 1. The van der Waals surface area contributed by atoms with Gasteiger partial charge in [-0.1, -0.05) is 12.1 Å². The van der Waals surface area contributed by atoms with E-state index in [0.717, 1.165) is 38.8 Å². The number of likely N-dealkylation sites (tertiary alicyclic amines) is 1. The maximum absolute atomic E-state index is 13.9. The van der Waals surface area contributed by atoms with Gasteiger partial charge in [-0.15, -0.1) is 12.4 Å². The summed E-state index contributed by atoms with van der Waals surface area (Å²) in [4.78, 5) is 14.9. The van der Waals surface area contributed by atoms with Crippen LogP contribution in [0, 0.1) is 11.7 Å². The molecule has 132 valence electrons. The van der Waals surface area contributed by atoms with Crippen LogP contribution in [0.25, 0.3) is 0 Å². The van der Waals surface area contributed by atoms with E-state index in [4.69, 9.17) is 10.5 Å². The van der Waals surface area contributed by atoms with Gasteiger partial charge in [0, 0.05) is 24.2 Å². The van der Waals surface area contributed by atoms with Crippen molar-refractivity contribution in [1.29, 1.82) is 0 Å². The number of para-hydroxylation sites is 1. The summed E-state index contributed by atoms with van der Waals surface area (Å²) < 4.78 is 19.3. The van der Waals surface area contributed by atoms with Crippen molar-refractivity contribution in [3.05, 3.63) is 29.6 Å². The third kappa shape index (κ3) is 3.00. The van der Waals surface area contributed by atoms with E-state index in [-0.39, 0.29) is 41.3 Å². The third-order valence-corrected chi connectivity index (χ3v) is 5.77. The number of piperidine rings is 1. The molecule has 1 unspecified atom stereocenters. The monoisotopic (exact) mass is 354 g/mol. The van der Waals surface area contributed by atoms with Crippen molar-refractivity contribution < 1.29 is 13.9 Å². The van der Waals surface area contributed by atoms with E-state index in [2.05, 4.69) is 0 Å². The highest BCUT2D eigenvalue weighted by atomic mass is 35.5. The largest absolute Gasteiger partial charge is 0.490 e. The maximum Gasteiger partial charge on any atom is 0.230 e. The van der Waals surface area contributed by atoms with E-state index < -0.39 is 0 Å². The lowest BCUT2D eigenvalue weighted by Gasteiger charge is -2.37. The molecule has 2 heterocycles. The molecule has 2 fully saturated rings. The van der Waals surface area contributed by atoms with Crippen molar-refractivity contribution >= 4 is 18.3 Å². The molecule has 1 aromatic carbocycles. The minimum atomic E-state index is -0.377. The molecule has 4 rings (SSSR count).